The quantitative estimate of drug-likeness (QED) is 0.921. The number of benzene rings is 1. The minimum atomic E-state index is -0.882. The van der Waals surface area contributed by atoms with E-state index in [2.05, 4.69) is 4.98 Å². The maximum Gasteiger partial charge on any atom is 0.407 e. The molecule has 0 bridgehead atoms. The maximum atomic E-state index is 12.9. The molecule has 110 valence electrons. The molecular weight excluding hydrogens is 275 g/mol. The zero-order valence-corrected chi connectivity index (χ0v) is 11.3. The minimum Gasteiger partial charge on any atom is -0.465 e. The SMILES string of the molecule is O=C(O)N1CCC(c2nc(-c3ccc(F)cc3)co2)CC1. The zero-order valence-electron chi connectivity index (χ0n) is 11.3. The molecule has 0 unspecified atom stereocenters. The van der Waals surface area contributed by atoms with Gasteiger partial charge in [0.1, 0.15) is 17.8 Å². The van der Waals surface area contributed by atoms with Gasteiger partial charge in [-0.25, -0.2) is 14.2 Å². The van der Waals surface area contributed by atoms with Crippen molar-refractivity contribution in [1.82, 2.24) is 9.88 Å². The molecule has 0 saturated carbocycles. The number of likely N-dealkylation sites (tertiary alicyclic amines) is 1. The Hall–Kier alpha value is -2.37. The van der Waals surface area contributed by atoms with Gasteiger partial charge in [0.2, 0.25) is 0 Å². The highest BCUT2D eigenvalue weighted by atomic mass is 19.1. The number of hydrogen-bond acceptors (Lipinski definition) is 3. The number of carbonyl (C=O) groups is 1. The number of hydrogen-bond donors (Lipinski definition) is 1. The van der Waals surface area contributed by atoms with Crippen LogP contribution in [0.25, 0.3) is 11.3 Å². The van der Waals surface area contributed by atoms with E-state index in [4.69, 9.17) is 9.52 Å². The van der Waals surface area contributed by atoms with Gasteiger partial charge in [0.25, 0.3) is 0 Å². The minimum absolute atomic E-state index is 0.134. The second kappa shape index (κ2) is 5.55. The van der Waals surface area contributed by atoms with Crippen molar-refractivity contribution < 1.29 is 18.7 Å². The molecule has 6 heteroatoms. The number of rotatable bonds is 2. The fraction of sp³-hybridized carbons (Fsp3) is 0.333. The fourth-order valence-corrected chi connectivity index (χ4v) is 2.55. The zero-order chi connectivity index (χ0) is 14.8. The molecule has 0 aliphatic carbocycles. The van der Waals surface area contributed by atoms with Crippen LogP contribution in [0, 0.1) is 5.82 Å². The normalized spacial score (nSPS) is 16.1. The van der Waals surface area contributed by atoms with E-state index in [0.717, 1.165) is 5.56 Å². The Labute approximate surface area is 121 Å². The molecule has 2 heterocycles. The Balaban J connectivity index is 1.71. The third-order valence-corrected chi connectivity index (χ3v) is 3.78. The van der Waals surface area contributed by atoms with E-state index in [1.165, 1.54) is 17.0 Å². The predicted octanol–water partition coefficient (Wildman–Crippen LogP) is 3.34. The smallest absolute Gasteiger partial charge is 0.407 e. The summed E-state index contributed by atoms with van der Waals surface area (Å²) in [7, 11) is 0. The molecule has 1 saturated heterocycles. The van der Waals surface area contributed by atoms with Crippen molar-refractivity contribution in [3.63, 3.8) is 0 Å². The molecule has 2 aromatic rings. The van der Waals surface area contributed by atoms with E-state index >= 15 is 0 Å². The highest BCUT2D eigenvalue weighted by Crippen LogP contribution is 2.29. The molecule has 1 fully saturated rings. The molecule has 21 heavy (non-hydrogen) atoms. The number of oxazole rings is 1. The summed E-state index contributed by atoms with van der Waals surface area (Å²) in [5.41, 5.74) is 1.47. The first kappa shape index (κ1) is 13.6. The van der Waals surface area contributed by atoms with Crippen molar-refractivity contribution >= 4 is 6.09 Å². The van der Waals surface area contributed by atoms with Crippen LogP contribution in [0.15, 0.2) is 34.9 Å². The number of aromatic nitrogens is 1. The average Bonchev–Trinajstić information content (AvgIpc) is 2.98. The number of halogens is 1. The Kier molecular flexibility index (Phi) is 3.60. The largest absolute Gasteiger partial charge is 0.465 e. The third kappa shape index (κ3) is 2.89. The Morgan fingerprint density at radius 3 is 2.57 bits per heavy atom. The molecule has 0 radical (unpaired) electrons. The van der Waals surface area contributed by atoms with Crippen LogP contribution in [-0.2, 0) is 0 Å². The standard InChI is InChI=1S/C15H15FN2O3/c16-12-3-1-10(2-4-12)13-9-21-14(17-13)11-5-7-18(8-6-11)15(19)20/h1-4,9,11H,5-8H2,(H,19,20). The molecule has 1 aliphatic rings. The molecule has 1 N–H and O–H groups in total. The van der Waals surface area contributed by atoms with E-state index in [9.17, 15) is 9.18 Å². The lowest BCUT2D eigenvalue weighted by molar-refractivity contribution is 0.129. The van der Waals surface area contributed by atoms with Crippen LogP contribution in [0.5, 0.6) is 0 Å². The van der Waals surface area contributed by atoms with Gasteiger partial charge in [-0.2, -0.15) is 0 Å². The fourth-order valence-electron chi connectivity index (χ4n) is 2.55. The summed E-state index contributed by atoms with van der Waals surface area (Å²) in [4.78, 5) is 16.7. The lowest BCUT2D eigenvalue weighted by Gasteiger charge is -2.28. The highest BCUT2D eigenvalue weighted by molar-refractivity contribution is 5.65. The van der Waals surface area contributed by atoms with Crippen molar-refractivity contribution in [2.45, 2.75) is 18.8 Å². The van der Waals surface area contributed by atoms with E-state index in [0.29, 0.717) is 37.5 Å². The van der Waals surface area contributed by atoms with Crippen molar-refractivity contribution in [2.24, 2.45) is 0 Å². The molecule has 1 aliphatic heterocycles. The predicted molar refractivity (Wildman–Crippen MR) is 73.5 cm³/mol. The van der Waals surface area contributed by atoms with Crippen LogP contribution in [0.2, 0.25) is 0 Å². The molecular formula is C15H15FN2O3. The summed E-state index contributed by atoms with van der Waals surface area (Å²) < 4.78 is 18.4. The van der Waals surface area contributed by atoms with Crippen LogP contribution in [0.1, 0.15) is 24.7 Å². The van der Waals surface area contributed by atoms with Crippen LogP contribution in [0.4, 0.5) is 9.18 Å². The molecule has 1 aromatic carbocycles. The number of nitrogens with zero attached hydrogens (tertiary/aromatic N) is 2. The van der Waals surface area contributed by atoms with E-state index in [1.54, 1.807) is 18.4 Å². The molecule has 0 atom stereocenters. The van der Waals surface area contributed by atoms with Gasteiger partial charge in [-0.15, -0.1) is 0 Å². The second-order valence-electron chi connectivity index (χ2n) is 5.12. The van der Waals surface area contributed by atoms with Crippen LogP contribution >= 0.6 is 0 Å². The van der Waals surface area contributed by atoms with Crippen molar-refractivity contribution in [1.29, 1.82) is 0 Å². The summed E-state index contributed by atoms with van der Waals surface area (Å²) >= 11 is 0. The highest BCUT2D eigenvalue weighted by Gasteiger charge is 2.26. The first-order chi connectivity index (χ1) is 10.1. The first-order valence-corrected chi connectivity index (χ1v) is 6.83. The van der Waals surface area contributed by atoms with Gasteiger partial charge in [0.15, 0.2) is 5.89 Å². The topological polar surface area (TPSA) is 66.6 Å². The van der Waals surface area contributed by atoms with Gasteiger partial charge in [-0.3, -0.25) is 0 Å². The summed E-state index contributed by atoms with van der Waals surface area (Å²) in [6.45, 7) is 0.989. The molecule has 1 aromatic heterocycles. The summed E-state index contributed by atoms with van der Waals surface area (Å²) in [5.74, 6) is 0.470. The van der Waals surface area contributed by atoms with E-state index in [-0.39, 0.29) is 11.7 Å². The Bertz CT molecular complexity index is 631. The lowest BCUT2D eigenvalue weighted by atomic mass is 9.97. The molecule has 1 amide bonds. The third-order valence-electron chi connectivity index (χ3n) is 3.78. The van der Waals surface area contributed by atoms with Crippen LogP contribution < -0.4 is 0 Å². The Morgan fingerprint density at radius 2 is 1.95 bits per heavy atom. The lowest BCUT2D eigenvalue weighted by Crippen LogP contribution is -2.36. The number of amides is 1. The Morgan fingerprint density at radius 1 is 1.29 bits per heavy atom. The summed E-state index contributed by atoms with van der Waals surface area (Å²) in [5, 5.41) is 8.93. The van der Waals surface area contributed by atoms with Gasteiger partial charge in [-0.05, 0) is 37.1 Å². The monoisotopic (exact) mass is 290 g/mol. The van der Waals surface area contributed by atoms with Gasteiger partial charge < -0.3 is 14.4 Å². The summed E-state index contributed by atoms with van der Waals surface area (Å²) in [6, 6.07) is 6.08. The summed E-state index contributed by atoms with van der Waals surface area (Å²) in [6.07, 6.45) is 2.09. The van der Waals surface area contributed by atoms with Crippen molar-refractivity contribution in [2.75, 3.05) is 13.1 Å². The second-order valence-corrected chi connectivity index (χ2v) is 5.12. The van der Waals surface area contributed by atoms with Crippen molar-refractivity contribution in [3.05, 3.63) is 42.2 Å². The van der Waals surface area contributed by atoms with Crippen LogP contribution in [-0.4, -0.2) is 34.2 Å². The van der Waals surface area contributed by atoms with Crippen molar-refractivity contribution in [3.8, 4) is 11.3 Å². The molecule has 0 spiro atoms. The van der Waals surface area contributed by atoms with E-state index < -0.39 is 6.09 Å². The van der Waals surface area contributed by atoms with Gasteiger partial charge in [-0.1, -0.05) is 0 Å². The van der Waals surface area contributed by atoms with Gasteiger partial charge in [0, 0.05) is 24.6 Å². The first-order valence-electron chi connectivity index (χ1n) is 6.83. The van der Waals surface area contributed by atoms with Gasteiger partial charge >= 0.3 is 6.09 Å². The number of carboxylic acid groups (broad SMARTS) is 1. The number of piperidine rings is 1. The van der Waals surface area contributed by atoms with E-state index in [1.807, 2.05) is 0 Å². The molecule has 3 rings (SSSR count). The molecule has 5 nitrogen and oxygen atoms in total. The average molecular weight is 290 g/mol. The van der Waals surface area contributed by atoms with Crippen LogP contribution in [0.3, 0.4) is 0 Å². The maximum absolute atomic E-state index is 12.9. The van der Waals surface area contributed by atoms with Gasteiger partial charge in [0.05, 0.1) is 0 Å².